The maximum Gasteiger partial charge on any atom is 0.416 e. The monoisotopic (exact) mass is 661 g/mol. The number of carbonyl (C=O) groups is 3. The van der Waals surface area contributed by atoms with Crippen molar-refractivity contribution in [3.8, 4) is 0 Å². The Kier molecular flexibility index (Phi) is 10.5. The van der Waals surface area contributed by atoms with Gasteiger partial charge in [0.05, 0.1) is 18.7 Å². The van der Waals surface area contributed by atoms with Crippen molar-refractivity contribution in [2.24, 2.45) is 0 Å². The summed E-state index contributed by atoms with van der Waals surface area (Å²) in [6, 6.07) is 16.3. The first-order valence-electron chi connectivity index (χ1n) is 13.7. The third-order valence-electron chi connectivity index (χ3n) is 7.30. The summed E-state index contributed by atoms with van der Waals surface area (Å²) >= 11 is 3.08. The van der Waals surface area contributed by atoms with Gasteiger partial charge in [-0.25, -0.2) is 9.59 Å². The minimum atomic E-state index is -4.60. The molecule has 0 radical (unpaired) electrons. The summed E-state index contributed by atoms with van der Waals surface area (Å²) in [7, 11) is 0. The number of aliphatic hydroxyl groups excluding tert-OH is 1. The fourth-order valence-corrected chi connectivity index (χ4v) is 5.48. The van der Waals surface area contributed by atoms with Gasteiger partial charge in [0.15, 0.2) is 6.10 Å². The van der Waals surface area contributed by atoms with Gasteiger partial charge in [-0.1, -0.05) is 59.5 Å². The Labute approximate surface area is 255 Å². The van der Waals surface area contributed by atoms with Gasteiger partial charge < -0.3 is 20.8 Å². The second-order valence-corrected chi connectivity index (χ2v) is 11.3. The van der Waals surface area contributed by atoms with Gasteiger partial charge in [0.25, 0.3) is 5.91 Å². The summed E-state index contributed by atoms with van der Waals surface area (Å²) in [6.45, 7) is -0.430. The molecule has 0 saturated heterocycles. The molecule has 3 amide bonds. The fraction of sp³-hybridized carbons (Fsp3) is 0.323. The van der Waals surface area contributed by atoms with Crippen LogP contribution in [0.1, 0.15) is 65.1 Å². The number of carbonyl (C=O) groups excluding carboxylic acids is 2. The minimum absolute atomic E-state index is 0.0360. The van der Waals surface area contributed by atoms with E-state index in [9.17, 15) is 32.7 Å². The number of rotatable bonds is 9. The Morgan fingerprint density at radius 2 is 1.60 bits per heavy atom. The number of hydrogen-bond donors (Lipinski definition) is 4. The highest BCUT2D eigenvalue weighted by Crippen LogP contribution is 2.35. The molecule has 1 aliphatic carbocycles. The molecule has 1 aliphatic rings. The van der Waals surface area contributed by atoms with E-state index in [1.54, 1.807) is 12.1 Å². The molecule has 1 saturated carbocycles. The van der Waals surface area contributed by atoms with Gasteiger partial charge >= 0.3 is 18.2 Å². The van der Waals surface area contributed by atoms with Crippen molar-refractivity contribution in [2.45, 2.75) is 56.8 Å². The molecule has 43 heavy (non-hydrogen) atoms. The summed E-state index contributed by atoms with van der Waals surface area (Å²) < 4.78 is 40.3. The number of benzene rings is 3. The van der Waals surface area contributed by atoms with E-state index < -0.39 is 42.3 Å². The summed E-state index contributed by atoms with van der Waals surface area (Å²) in [5.41, 5.74) is 1.60. The summed E-state index contributed by atoms with van der Waals surface area (Å²) in [4.78, 5) is 38.1. The maximum atomic E-state index is 13.5. The molecule has 1 atom stereocenters. The molecule has 0 spiro atoms. The van der Waals surface area contributed by atoms with Gasteiger partial charge in [0.1, 0.15) is 0 Å². The third kappa shape index (κ3) is 8.80. The first kappa shape index (κ1) is 32.0. The summed E-state index contributed by atoms with van der Waals surface area (Å²) in [5, 5.41) is 23.1. The normalized spacial score (nSPS) is 14.5. The van der Waals surface area contributed by atoms with Crippen LogP contribution in [0.15, 0.2) is 71.2 Å². The van der Waals surface area contributed by atoms with Crippen molar-refractivity contribution in [3.05, 3.63) is 93.5 Å². The number of alkyl halides is 3. The number of carboxylic acid groups (broad SMARTS) is 1. The van der Waals surface area contributed by atoms with Gasteiger partial charge in [0.2, 0.25) is 0 Å². The van der Waals surface area contributed by atoms with Gasteiger partial charge in [-0.2, -0.15) is 13.2 Å². The largest absolute Gasteiger partial charge is 0.479 e. The van der Waals surface area contributed by atoms with E-state index in [1.807, 2.05) is 24.3 Å². The lowest BCUT2D eigenvalue weighted by atomic mass is 9.84. The third-order valence-corrected chi connectivity index (χ3v) is 7.76. The smallest absolute Gasteiger partial charge is 0.416 e. The van der Waals surface area contributed by atoms with Crippen molar-refractivity contribution in [2.75, 3.05) is 16.8 Å². The summed E-state index contributed by atoms with van der Waals surface area (Å²) in [5.74, 6) is -1.60. The van der Waals surface area contributed by atoms with E-state index >= 15 is 0 Å². The van der Waals surface area contributed by atoms with Gasteiger partial charge in [0, 0.05) is 21.4 Å². The predicted octanol–water partition coefficient (Wildman–Crippen LogP) is 6.93. The standard InChI is InChI=1S/C31H31BrF3N3O5/c32-24-14-23(31(33,34)35)15-25(16-24)37-30(43)38(26-12-10-21(11-13-26)20-4-2-1-3-5-20)18-19-6-8-22(9-7-19)28(40)36-17-27(39)29(41)42/h6-16,20,27,39H,1-5,17-18H2,(H,36,40)(H,37,43)(H,41,42). The van der Waals surface area contributed by atoms with Crippen LogP contribution in [0.2, 0.25) is 0 Å². The van der Waals surface area contributed by atoms with E-state index in [4.69, 9.17) is 5.11 Å². The number of amides is 3. The van der Waals surface area contributed by atoms with Crippen molar-refractivity contribution in [1.82, 2.24) is 5.32 Å². The second-order valence-electron chi connectivity index (χ2n) is 10.4. The number of aliphatic hydroxyl groups is 1. The van der Waals surface area contributed by atoms with Crippen LogP contribution in [0.25, 0.3) is 0 Å². The first-order valence-corrected chi connectivity index (χ1v) is 14.5. The van der Waals surface area contributed by atoms with E-state index in [1.165, 1.54) is 47.9 Å². The van der Waals surface area contributed by atoms with Crippen molar-refractivity contribution in [3.63, 3.8) is 0 Å². The molecule has 0 aromatic heterocycles. The molecule has 228 valence electrons. The van der Waals surface area contributed by atoms with Crippen molar-refractivity contribution < 1.29 is 37.8 Å². The van der Waals surface area contributed by atoms with E-state index in [2.05, 4.69) is 26.6 Å². The molecule has 4 rings (SSSR count). The molecule has 12 heteroatoms. The van der Waals surface area contributed by atoms with E-state index in [0.717, 1.165) is 25.0 Å². The highest BCUT2D eigenvalue weighted by molar-refractivity contribution is 9.10. The molecule has 1 unspecified atom stereocenters. The predicted molar refractivity (Wildman–Crippen MR) is 159 cm³/mol. The Balaban J connectivity index is 1.56. The molecule has 4 N–H and O–H groups in total. The van der Waals surface area contributed by atoms with Crippen LogP contribution >= 0.6 is 15.9 Å². The van der Waals surface area contributed by atoms with Crippen LogP contribution < -0.4 is 15.5 Å². The van der Waals surface area contributed by atoms with E-state index in [0.29, 0.717) is 17.2 Å². The Bertz CT molecular complexity index is 1440. The molecule has 0 bridgehead atoms. The average molecular weight is 663 g/mol. The molecule has 1 fully saturated rings. The van der Waals surface area contributed by atoms with Gasteiger partial charge in [-0.05, 0) is 72.4 Å². The maximum absolute atomic E-state index is 13.5. The lowest BCUT2D eigenvalue weighted by molar-refractivity contribution is -0.146. The number of urea groups is 1. The average Bonchev–Trinajstić information content (AvgIpc) is 2.98. The van der Waals surface area contributed by atoms with Gasteiger partial charge in [-0.15, -0.1) is 0 Å². The zero-order valence-electron chi connectivity index (χ0n) is 23.0. The van der Waals surface area contributed by atoms with Crippen LogP contribution in [-0.4, -0.2) is 40.8 Å². The number of anilines is 2. The lowest BCUT2D eigenvalue weighted by Crippen LogP contribution is -2.36. The zero-order valence-corrected chi connectivity index (χ0v) is 24.6. The topological polar surface area (TPSA) is 119 Å². The number of nitrogens with one attached hydrogen (secondary N) is 2. The van der Waals surface area contributed by atoms with Crippen LogP contribution in [0.3, 0.4) is 0 Å². The minimum Gasteiger partial charge on any atom is -0.479 e. The summed E-state index contributed by atoms with van der Waals surface area (Å²) in [6.07, 6.45) is -0.580. The Morgan fingerprint density at radius 1 is 0.953 bits per heavy atom. The number of aliphatic carboxylic acids is 1. The second kappa shape index (κ2) is 14.0. The highest BCUT2D eigenvalue weighted by atomic mass is 79.9. The van der Waals surface area contributed by atoms with Crippen molar-refractivity contribution in [1.29, 1.82) is 0 Å². The molecule has 3 aromatic carbocycles. The quantitative estimate of drug-likeness (QED) is 0.198. The van der Waals surface area contributed by atoms with Gasteiger partial charge in [-0.3, -0.25) is 9.69 Å². The van der Waals surface area contributed by atoms with Crippen LogP contribution in [0, 0.1) is 0 Å². The number of hydrogen-bond acceptors (Lipinski definition) is 4. The van der Waals surface area contributed by atoms with Crippen LogP contribution in [-0.2, 0) is 17.5 Å². The number of nitrogens with zero attached hydrogens (tertiary/aromatic N) is 1. The zero-order chi connectivity index (χ0) is 31.1. The Hall–Kier alpha value is -3.90. The van der Waals surface area contributed by atoms with Crippen LogP contribution in [0.5, 0.6) is 0 Å². The van der Waals surface area contributed by atoms with Crippen LogP contribution in [0.4, 0.5) is 29.3 Å². The highest BCUT2D eigenvalue weighted by Gasteiger charge is 2.31. The lowest BCUT2D eigenvalue weighted by Gasteiger charge is -2.26. The molecule has 0 heterocycles. The molecular weight excluding hydrogens is 631 g/mol. The molecular formula is C31H31BrF3N3O5. The molecule has 8 nitrogen and oxygen atoms in total. The SMILES string of the molecule is O=C(NCC(O)C(=O)O)c1ccc(CN(C(=O)Nc2cc(Br)cc(C(F)(F)F)c2)c2ccc(C3CCCCC3)cc2)cc1. The Morgan fingerprint density at radius 3 is 2.21 bits per heavy atom. The number of carboxylic acids is 1. The molecule has 3 aromatic rings. The molecule has 0 aliphatic heterocycles. The van der Waals surface area contributed by atoms with E-state index in [-0.39, 0.29) is 22.3 Å². The number of halogens is 4. The first-order chi connectivity index (χ1) is 20.4. The fourth-order valence-electron chi connectivity index (χ4n) is 4.98. The van der Waals surface area contributed by atoms with Crippen molar-refractivity contribution >= 4 is 45.2 Å².